The van der Waals surface area contributed by atoms with Crippen LogP contribution in [0, 0.1) is 5.92 Å². The molecule has 4 rings (SSSR count). The Labute approximate surface area is 254 Å². The number of nitrogens with one attached hydrogen (secondary N) is 2. The van der Waals surface area contributed by atoms with Gasteiger partial charge in [0.15, 0.2) is 5.78 Å². The van der Waals surface area contributed by atoms with Gasteiger partial charge in [-0.1, -0.05) is 72.8 Å². The first-order chi connectivity index (χ1) is 20.6. The third-order valence-corrected chi connectivity index (χ3v) is 7.95. The third kappa shape index (κ3) is 9.99. The van der Waals surface area contributed by atoms with Gasteiger partial charge in [0.05, 0.1) is 18.4 Å². The highest BCUT2D eigenvalue weighted by Crippen LogP contribution is 2.21. The fraction of sp³-hybridized carbons (Fsp3) is 0.457. The minimum absolute atomic E-state index is 0.161. The lowest BCUT2D eigenvalue weighted by atomic mass is 9.94. The zero-order chi connectivity index (χ0) is 30.8. The minimum Gasteiger partial charge on any atom is -0.389 e. The number of amides is 2. The number of likely N-dealkylation sites (tertiary alicyclic amines) is 1. The molecule has 8 heteroatoms. The summed E-state index contributed by atoms with van der Waals surface area (Å²) in [5.74, 6) is -1.26. The molecule has 3 aromatic carbocycles. The van der Waals surface area contributed by atoms with E-state index in [0.29, 0.717) is 32.4 Å². The second-order valence-electron chi connectivity index (χ2n) is 12.4. The summed E-state index contributed by atoms with van der Waals surface area (Å²) in [5, 5.41) is 17.6. The van der Waals surface area contributed by atoms with Crippen LogP contribution in [0.3, 0.4) is 0 Å². The number of hydrogen-bond donors (Lipinski definition) is 3. The molecule has 230 valence electrons. The van der Waals surface area contributed by atoms with Gasteiger partial charge in [0.2, 0.25) is 11.8 Å². The van der Waals surface area contributed by atoms with Crippen molar-refractivity contribution in [2.75, 3.05) is 26.4 Å². The lowest BCUT2D eigenvalue weighted by Crippen LogP contribution is -2.54. The van der Waals surface area contributed by atoms with E-state index >= 15 is 0 Å². The zero-order valence-electron chi connectivity index (χ0n) is 25.6. The van der Waals surface area contributed by atoms with Crippen molar-refractivity contribution in [1.29, 1.82) is 0 Å². The largest absolute Gasteiger partial charge is 0.389 e. The summed E-state index contributed by atoms with van der Waals surface area (Å²) in [6, 6.07) is 22.0. The Morgan fingerprint density at radius 2 is 1.56 bits per heavy atom. The van der Waals surface area contributed by atoms with Gasteiger partial charge in [-0.25, -0.2) is 0 Å². The van der Waals surface area contributed by atoms with E-state index in [2.05, 4.69) is 15.5 Å². The molecular formula is C35H45N3O5. The van der Waals surface area contributed by atoms with Gasteiger partial charge in [-0.3, -0.25) is 19.3 Å². The topological polar surface area (TPSA) is 108 Å². The average molecular weight is 588 g/mol. The molecule has 0 spiro atoms. The van der Waals surface area contributed by atoms with Crippen LogP contribution in [0.1, 0.15) is 51.2 Å². The molecule has 1 fully saturated rings. The molecular weight excluding hydrogens is 542 g/mol. The van der Waals surface area contributed by atoms with Gasteiger partial charge in [-0.2, -0.15) is 0 Å². The van der Waals surface area contributed by atoms with Gasteiger partial charge >= 0.3 is 0 Å². The normalized spacial score (nSPS) is 16.0. The van der Waals surface area contributed by atoms with E-state index in [1.54, 1.807) is 0 Å². The summed E-state index contributed by atoms with van der Waals surface area (Å²) in [5.41, 5.74) is 1.71. The molecule has 0 aliphatic carbocycles. The van der Waals surface area contributed by atoms with Crippen molar-refractivity contribution < 1.29 is 24.2 Å². The van der Waals surface area contributed by atoms with Gasteiger partial charge in [0, 0.05) is 25.4 Å². The number of benzene rings is 3. The summed E-state index contributed by atoms with van der Waals surface area (Å²) < 4.78 is 5.90. The number of nitrogens with zero attached hydrogens (tertiary/aromatic N) is 1. The number of carbonyl (C=O) groups excluding carboxylic acids is 3. The minimum atomic E-state index is -0.873. The zero-order valence-corrected chi connectivity index (χ0v) is 25.6. The number of Topliss-reactive ketones (excluding diaryl/α,β-unsaturated/α-hetero) is 1. The third-order valence-electron chi connectivity index (χ3n) is 7.95. The Hall–Kier alpha value is -3.59. The molecule has 0 unspecified atom stereocenters. The number of carbonyl (C=O) groups is 3. The second-order valence-corrected chi connectivity index (χ2v) is 12.4. The Morgan fingerprint density at radius 1 is 0.884 bits per heavy atom. The van der Waals surface area contributed by atoms with E-state index in [0.717, 1.165) is 35.0 Å². The Morgan fingerprint density at radius 3 is 2.23 bits per heavy atom. The van der Waals surface area contributed by atoms with E-state index in [-0.39, 0.29) is 23.8 Å². The summed E-state index contributed by atoms with van der Waals surface area (Å²) in [4.78, 5) is 42.0. The van der Waals surface area contributed by atoms with Crippen LogP contribution < -0.4 is 10.6 Å². The molecule has 0 saturated carbocycles. The van der Waals surface area contributed by atoms with Crippen LogP contribution >= 0.6 is 0 Å². The average Bonchev–Trinajstić information content (AvgIpc) is 3.01. The highest BCUT2D eigenvalue weighted by atomic mass is 16.5. The number of fused-ring (bicyclic) bond motifs is 1. The predicted octanol–water partition coefficient (Wildman–Crippen LogP) is 4.03. The standard InChI is InChI=1S/C35H45N3O5/c1-35(2,3)43-24-38-19-17-28(18-20-38)33(41)37-31(22-26-13-15-27-11-7-8-12-29(27)21-26)34(42)36-30(32(40)23-39)16-14-25-9-5-4-6-10-25/h4-13,15,21,28,30-31,39H,14,16-20,22-24H2,1-3H3,(H,36,42)(H,37,41)/t30-,31-/m0/s1. The van der Waals surface area contributed by atoms with Gasteiger partial charge in [0.25, 0.3) is 0 Å². The van der Waals surface area contributed by atoms with E-state index in [9.17, 15) is 19.5 Å². The molecule has 1 aliphatic heterocycles. The van der Waals surface area contributed by atoms with Crippen LogP contribution in [-0.4, -0.2) is 71.7 Å². The van der Waals surface area contributed by atoms with Crippen LogP contribution in [0.15, 0.2) is 72.8 Å². The second kappa shape index (κ2) is 15.2. The van der Waals surface area contributed by atoms with Crippen molar-refractivity contribution in [2.45, 2.75) is 70.6 Å². The number of aliphatic hydroxyl groups is 1. The Balaban J connectivity index is 1.46. The first kappa shape index (κ1) is 32.3. The van der Waals surface area contributed by atoms with Crippen molar-refractivity contribution in [2.24, 2.45) is 5.92 Å². The van der Waals surface area contributed by atoms with E-state index < -0.39 is 30.4 Å². The fourth-order valence-electron chi connectivity index (χ4n) is 5.36. The number of piperidine rings is 1. The molecule has 2 atom stereocenters. The highest BCUT2D eigenvalue weighted by Gasteiger charge is 2.31. The van der Waals surface area contributed by atoms with Crippen molar-refractivity contribution in [3.05, 3.63) is 83.9 Å². The van der Waals surface area contributed by atoms with Crippen molar-refractivity contribution in [3.8, 4) is 0 Å². The van der Waals surface area contributed by atoms with Gasteiger partial charge in [0.1, 0.15) is 12.6 Å². The van der Waals surface area contributed by atoms with Crippen LogP contribution in [-0.2, 0) is 32.0 Å². The van der Waals surface area contributed by atoms with Crippen molar-refractivity contribution >= 4 is 28.4 Å². The van der Waals surface area contributed by atoms with Crippen LogP contribution in [0.2, 0.25) is 0 Å². The van der Waals surface area contributed by atoms with Crippen LogP contribution in [0.5, 0.6) is 0 Å². The fourth-order valence-corrected chi connectivity index (χ4v) is 5.36. The van der Waals surface area contributed by atoms with E-state index in [1.807, 2.05) is 93.6 Å². The van der Waals surface area contributed by atoms with Crippen LogP contribution in [0.4, 0.5) is 0 Å². The maximum absolute atomic E-state index is 13.7. The van der Waals surface area contributed by atoms with Crippen LogP contribution in [0.25, 0.3) is 10.8 Å². The number of aliphatic hydroxyl groups excluding tert-OH is 1. The lowest BCUT2D eigenvalue weighted by Gasteiger charge is -2.33. The maximum atomic E-state index is 13.7. The van der Waals surface area contributed by atoms with Gasteiger partial charge in [-0.05, 0) is 68.4 Å². The number of ether oxygens (including phenoxy) is 1. The summed E-state index contributed by atoms with van der Waals surface area (Å²) in [7, 11) is 0. The van der Waals surface area contributed by atoms with E-state index in [4.69, 9.17) is 4.74 Å². The van der Waals surface area contributed by atoms with Gasteiger partial charge < -0.3 is 20.5 Å². The first-order valence-corrected chi connectivity index (χ1v) is 15.2. The summed E-state index contributed by atoms with van der Waals surface area (Å²) in [6.07, 6.45) is 2.54. The molecule has 0 aromatic heterocycles. The number of hydrogen-bond acceptors (Lipinski definition) is 6. The molecule has 43 heavy (non-hydrogen) atoms. The summed E-state index contributed by atoms with van der Waals surface area (Å²) in [6.45, 7) is 7.40. The molecule has 3 N–H and O–H groups in total. The number of aryl methyl sites for hydroxylation is 1. The molecule has 0 bridgehead atoms. The monoisotopic (exact) mass is 587 g/mol. The lowest BCUT2D eigenvalue weighted by molar-refractivity contribution is -0.134. The molecule has 1 heterocycles. The molecule has 8 nitrogen and oxygen atoms in total. The number of ketones is 1. The quantitative estimate of drug-likeness (QED) is 0.279. The molecule has 1 saturated heterocycles. The predicted molar refractivity (Wildman–Crippen MR) is 168 cm³/mol. The van der Waals surface area contributed by atoms with Crippen molar-refractivity contribution in [3.63, 3.8) is 0 Å². The van der Waals surface area contributed by atoms with Gasteiger partial charge in [-0.15, -0.1) is 0 Å². The molecule has 2 amide bonds. The Kier molecular flexibility index (Phi) is 11.4. The number of rotatable bonds is 13. The maximum Gasteiger partial charge on any atom is 0.243 e. The van der Waals surface area contributed by atoms with Crippen molar-refractivity contribution in [1.82, 2.24) is 15.5 Å². The summed E-state index contributed by atoms with van der Waals surface area (Å²) >= 11 is 0. The SMILES string of the molecule is CC(C)(C)OCN1CCC(C(=O)N[C@@H](Cc2ccc3ccccc3c2)C(=O)N[C@@H](CCc2ccccc2)C(=O)CO)CC1. The molecule has 1 aliphatic rings. The first-order valence-electron chi connectivity index (χ1n) is 15.2. The van der Waals surface area contributed by atoms with E-state index in [1.165, 1.54) is 0 Å². The molecule has 0 radical (unpaired) electrons. The Bertz CT molecular complexity index is 1360. The molecule has 3 aromatic rings. The highest BCUT2D eigenvalue weighted by molar-refractivity contribution is 5.94. The smallest absolute Gasteiger partial charge is 0.243 e.